The Labute approximate surface area is 91.5 Å². The van der Waals surface area contributed by atoms with Crippen LogP contribution in [0.4, 0.5) is 0 Å². The molecule has 0 radical (unpaired) electrons. The van der Waals surface area contributed by atoms with Gasteiger partial charge in [0.15, 0.2) is 0 Å². The Hall–Kier alpha value is -0.570. The standard InChI is InChI=1S/C12H21NO2/c1-8(2)13(7-9-3-4-9)11(12(14)15)10-5-6-10/h8-11H,3-7H2,1-2H3,(H,14,15). The number of rotatable bonds is 6. The molecule has 0 spiro atoms. The highest BCUT2D eigenvalue weighted by Gasteiger charge is 2.42. The molecule has 0 amide bonds. The summed E-state index contributed by atoms with van der Waals surface area (Å²) in [6.07, 6.45) is 4.79. The minimum absolute atomic E-state index is 0.217. The van der Waals surface area contributed by atoms with Gasteiger partial charge in [-0.1, -0.05) is 0 Å². The van der Waals surface area contributed by atoms with Gasteiger partial charge in [-0.05, 0) is 51.4 Å². The molecule has 0 aromatic heterocycles. The van der Waals surface area contributed by atoms with Crippen LogP contribution in [0.2, 0.25) is 0 Å². The maximum absolute atomic E-state index is 11.3. The van der Waals surface area contributed by atoms with E-state index in [4.69, 9.17) is 0 Å². The quantitative estimate of drug-likeness (QED) is 0.730. The average molecular weight is 211 g/mol. The lowest BCUT2D eigenvalue weighted by atomic mass is 10.1. The van der Waals surface area contributed by atoms with E-state index in [2.05, 4.69) is 18.7 Å². The SMILES string of the molecule is CC(C)N(CC1CC1)C(C(=O)O)C1CC1. The van der Waals surface area contributed by atoms with Gasteiger partial charge in [0.1, 0.15) is 6.04 Å². The van der Waals surface area contributed by atoms with Gasteiger partial charge in [0.2, 0.25) is 0 Å². The normalized spacial score (nSPS) is 23.5. The van der Waals surface area contributed by atoms with Crippen molar-refractivity contribution in [3.05, 3.63) is 0 Å². The predicted octanol–water partition coefficient (Wildman–Crippen LogP) is 1.97. The fraction of sp³-hybridized carbons (Fsp3) is 0.917. The lowest BCUT2D eigenvalue weighted by molar-refractivity contribution is -0.145. The molecule has 0 aromatic carbocycles. The smallest absolute Gasteiger partial charge is 0.321 e. The molecule has 0 aliphatic heterocycles. The Morgan fingerprint density at radius 2 is 1.93 bits per heavy atom. The van der Waals surface area contributed by atoms with Crippen LogP contribution in [-0.2, 0) is 4.79 Å². The van der Waals surface area contributed by atoms with Crippen LogP contribution in [0.1, 0.15) is 39.5 Å². The van der Waals surface area contributed by atoms with Crippen molar-refractivity contribution in [1.82, 2.24) is 4.90 Å². The third-order valence-electron chi connectivity index (χ3n) is 3.51. The summed E-state index contributed by atoms with van der Waals surface area (Å²) in [7, 11) is 0. The van der Waals surface area contributed by atoms with Gasteiger partial charge in [-0.25, -0.2) is 0 Å². The highest BCUT2D eigenvalue weighted by atomic mass is 16.4. The van der Waals surface area contributed by atoms with Crippen LogP contribution in [0.3, 0.4) is 0 Å². The van der Waals surface area contributed by atoms with Crippen LogP contribution < -0.4 is 0 Å². The first-order valence-corrected chi connectivity index (χ1v) is 6.08. The molecule has 3 heteroatoms. The first-order valence-electron chi connectivity index (χ1n) is 6.08. The van der Waals surface area contributed by atoms with E-state index < -0.39 is 5.97 Å². The maximum Gasteiger partial charge on any atom is 0.321 e. The second kappa shape index (κ2) is 4.12. The van der Waals surface area contributed by atoms with Crippen molar-refractivity contribution in [3.63, 3.8) is 0 Å². The van der Waals surface area contributed by atoms with Crippen LogP contribution in [0.15, 0.2) is 0 Å². The second-order valence-corrected chi connectivity index (χ2v) is 5.35. The van der Waals surface area contributed by atoms with Gasteiger partial charge >= 0.3 is 5.97 Å². The first kappa shape index (κ1) is 10.9. The molecule has 1 unspecified atom stereocenters. The van der Waals surface area contributed by atoms with E-state index in [1.54, 1.807) is 0 Å². The molecular weight excluding hydrogens is 190 g/mol. The molecule has 3 nitrogen and oxygen atoms in total. The highest BCUT2D eigenvalue weighted by Crippen LogP contribution is 2.38. The summed E-state index contributed by atoms with van der Waals surface area (Å²) in [6.45, 7) is 5.21. The highest BCUT2D eigenvalue weighted by molar-refractivity contribution is 5.74. The Bertz CT molecular complexity index is 244. The van der Waals surface area contributed by atoms with Gasteiger partial charge < -0.3 is 5.11 Å². The third kappa shape index (κ3) is 2.71. The fourth-order valence-corrected chi connectivity index (χ4v) is 2.27. The van der Waals surface area contributed by atoms with Crippen molar-refractivity contribution in [3.8, 4) is 0 Å². The van der Waals surface area contributed by atoms with E-state index in [9.17, 15) is 9.90 Å². The summed E-state index contributed by atoms with van der Waals surface area (Å²) in [5, 5.41) is 9.29. The van der Waals surface area contributed by atoms with Crippen LogP contribution in [0.5, 0.6) is 0 Å². The van der Waals surface area contributed by atoms with E-state index in [1.807, 2.05) is 0 Å². The van der Waals surface area contributed by atoms with Crippen LogP contribution in [0, 0.1) is 11.8 Å². The summed E-state index contributed by atoms with van der Waals surface area (Å²) in [6, 6.07) is 0.137. The molecule has 86 valence electrons. The molecule has 1 atom stereocenters. The molecule has 2 fully saturated rings. The molecule has 0 heterocycles. The first-order chi connectivity index (χ1) is 7.09. The number of carboxylic acids is 1. The summed E-state index contributed by atoms with van der Waals surface area (Å²) in [5.41, 5.74) is 0. The Kier molecular flexibility index (Phi) is 3.01. The molecular formula is C12H21NO2. The molecule has 2 rings (SSSR count). The van der Waals surface area contributed by atoms with E-state index in [-0.39, 0.29) is 6.04 Å². The van der Waals surface area contributed by atoms with E-state index in [0.717, 1.165) is 25.3 Å². The monoisotopic (exact) mass is 211 g/mol. The van der Waals surface area contributed by atoms with Gasteiger partial charge in [-0.3, -0.25) is 9.69 Å². The zero-order valence-electron chi connectivity index (χ0n) is 9.65. The average Bonchev–Trinajstić information content (AvgIpc) is 2.97. The number of carboxylic acid groups (broad SMARTS) is 1. The predicted molar refractivity (Wildman–Crippen MR) is 58.7 cm³/mol. The molecule has 2 saturated carbocycles. The van der Waals surface area contributed by atoms with Crippen molar-refractivity contribution in [2.75, 3.05) is 6.54 Å². The molecule has 2 aliphatic rings. The minimum Gasteiger partial charge on any atom is -0.480 e. The minimum atomic E-state index is -0.619. The van der Waals surface area contributed by atoms with E-state index in [0.29, 0.717) is 12.0 Å². The largest absolute Gasteiger partial charge is 0.480 e. The molecule has 2 aliphatic carbocycles. The second-order valence-electron chi connectivity index (χ2n) is 5.35. The van der Waals surface area contributed by atoms with Gasteiger partial charge in [-0.15, -0.1) is 0 Å². The lowest BCUT2D eigenvalue weighted by Gasteiger charge is -2.32. The number of aliphatic carboxylic acids is 1. The van der Waals surface area contributed by atoms with E-state index >= 15 is 0 Å². The van der Waals surface area contributed by atoms with Crippen LogP contribution in [0.25, 0.3) is 0 Å². The zero-order valence-corrected chi connectivity index (χ0v) is 9.65. The van der Waals surface area contributed by atoms with E-state index in [1.165, 1.54) is 12.8 Å². The van der Waals surface area contributed by atoms with Gasteiger partial charge in [0, 0.05) is 12.6 Å². The number of hydrogen-bond donors (Lipinski definition) is 1. The van der Waals surface area contributed by atoms with Crippen molar-refractivity contribution < 1.29 is 9.90 Å². The lowest BCUT2D eigenvalue weighted by Crippen LogP contribution is -2.47. The molecule has 15 heavy (non-hydrogen) atoms. The zero-order chi connectivity index (χ0) is 11.0. The van der Waals surface area contributed by atoms with Crippen molar-refractivity contribution in [2.45, 2.75) is 51.6 Å². The van der Waals surface area contributed by atoms with Crippen molar-refractivity contribution >= 4 is 5.97 Å². The number of carbonyl (C=O) groups is 1. The van der Waals surface area contributed by atoms with Gasteiger partial charge in [-0.2, -0.15) is 0 Å². The Morgan fingerprint density at radius 1 is 1.33 bits per heavy atom. The molecule has 0 saturated heterocycles. The third-order valence-corrected chi connectivity index (χ3v) is 3.51. The Morgan fingerprint density at radius 3 is 2.27 bits per heavy atom. The molecule has 0 aromatic rings. The summed E-state index contributed by atoms with van der Waals surface area (Å²) < 4.78 is 0. The Balaban J connectivity index is 2.01. The summed E-state index contributed by atoms with van der Waals surface area (Å²) >= 11 is 0. The van der Waals surface area contributed by atoms with Gasteiger partial charge in [0.25, 0.3) is 0 Å². The molecule has 0 bridgehead atoms. The number of nitrogens with zero attached hydrogens (tertiary/aromatic N) is 1. The molecule has 1 N–H and O–H groups in total. The van der Waals surface area contributed by atoms with Crippen molar-refractivity contribution in [2.24, 2.45) is 11.8 Å². The summed E-state index contributed by atoms with van der Waals surface area (Å²) in [4.78, 5) is 13.5. The van der Waals surface area contributed by atoms with Crippen LogP contribution in [-0.4, -0.2) is 34.6 Å². The fourth-order valence-electron chi connectivity index (χ4n) is 2.27. The van der Waals surface area contributed by atoms with Crippen molar-refractivity contribution in [1.29, 1.82) is 0 Å². The van der Waals surface area contributed by atoms with Gasteiger partial charge in [0.05, 0.1) is 0 Å². The topological polar surface area (TPSA) is 40.5 Å². The summed E-state index contributed by atoms with van der Waals surface area (Å²) in [5.74, 6) is 0.573. The maximum atomic E-state index is 11.3. The number of hydrogen-bond acceptors (Lipinski definition) is 2. The van der Waals surface area contributed by atoms with Crippen LogP contribution >= 0.6 is 0 Å².